The van der Waals surface area contributed by atoms with Crippen LogP contribution in [0.4, 0.5) is 5.69 Å². The fraction of sp³-hybridized carbons (Fsp3) is 0.533. The number of hydrogen-bond acceptors (Lipinski definition) is 4. The Morgan fingerprint density at radius 2 is 2.25 bits per heavy atom. The number of anilines is 1. The van der Waals surface area contributed by atoms with Gasteiger partial charge in [0, 0.05) is 30.4 Å². The van der Waals surface area contributed by atoms with Crippen LogP contribution < -0.4 is 11.3 Å². The lowest BCUT2D eigenvalue weighted by atomic mass is 9.90. The van der Waals surface area contributed by atoms with Crippen molar-refractivity contribution >= 4 is 11.6 Å². The van der Waals surface area contributed by atoms with E-state index in [0.29, 0.717) is 24.6 Å². The minimum Gasteiger partial charge on any atom is -0.396 e. The lowest BCUT2D eigenvalue weighted by Crippen LogP contribution is -2.45. The third kappa shape index (κ3) is 3.11. The highest BCUT2D eigenvalue weighted by molar-refractivity contribution is 5.96. The van der Waals surface area contributed by atoms with Gasteiger partial charge >= 0.3 is 0 Å². The Morgan fingerprint density at radius 3 is 2.75 bits per heavy atom. The molecular weight excluding hydrogens is 254 g/mol. The molecule has 0 heterocycles. The predicted octanol–water partition coefficient (Wildman–Crippen LogP) is 1.66. The largest absolute Gasteiger partial charge is 0.396 e. The van der Waals surface area contributed by atoms with Crippen molar-refractivity contribution in [3.8, 4) is 0 Å². The maximum Gasteiger partial charge on any atom is 0.254 e. The van der Waals surface area contributed by atoms with E-state index in [2.05, 4.69) is 5.43 Å². The summed E-state index contributed by atoms with van der Waals surface area (Å²) < 4.78 is 0. The molecule has 1 aromatic carbocycles. The van der Waals surface area contributed by atoms with Crippen molar-refractivity contribution in [2.75, 3.05) is 18.6 Å². The van der Waals surface area contributed by atoms with Crippen molar-refractivity contribution in [1.29, 1.82) is 0 Å². The molecule has 5 heteroatoms. The van der Waals surface area contributed by atoms with Gasteiger partial charge in [-0.2, -0.15) is 0 Å². The Morgan fingerprint density at radius 1 is 1.50 bits per heavy atom. The van der Waals surface area contributed by atoms with Crippen molar-refractivity contribution in [3.05, 3.63) is 29.3 Å². The molecule has 0 aromatic heterocycles. The zero-order chi connectivity index (χ0) is 14.5. The molecule has 0 aliphatic heterocycles. The molecule has 110 valence electrons. The van der Waals surface area contributed by atoms with Gasteiger partial charge in [0.2, 0.25) is 0 Å². The number of benzene rings is 1. The van der Waals surface area contributed by atoms with Crippen molar-refractivity contribution in [2.24, 2.45) is 5.84 Å². The van der Waals surface area contributed by atoms with Gasteiger partial charge in [0.15, 0.2) is 0 Å². The Bertz CT molecular complexity index is 472. The maximum atomic E-state index is 12.7. The van der Waals surface area contributed by atoms with E-state index >= 15 is 0 Å². The number of hydrogen-bond donors (Lipinski definition) is 3. The number of nitrogens with two attached hydrogens (primary N) is 1. The predicted molar refractivity (Wildman–Crippen MR) is 79.4 cm³/mol. The van der Waals surface area contributed by atoms with Crippen LogP contribution in [-0.4, -0.2) is 35.1 Å². The number of hydrazine groups is 1. The minimum atomic E-state index is 0.0595. The van der Waals surface area contributed by atoms with Gasteiger partial charge in [0.05, 0.1) is 0 Å². The van der Waals surface area contributed by atoms with E-state index in [1.54, 1.807) is 0 Å². The Balaban J connectivity index is 2.17. The molecule has 5 nitrogen and oxygen atoms in total. The van der Waals surface area contributed by atoms with E-state index in [1.165, 1.54) is 6.42 Å². The molecule has 1 fully saturated rings. The van der Waals surface area contributed by atoms with Gasteiger partial charge in [-0.05, 0) is 56.4 Å². The van der Waals surface area contributed by atoms with Gasteiger partial charge in [-0.25, -0.2) is 0 Å². The highest BCUT2D eigenvalue weighted by Crippen LogP contribution is 2.27. The summed E-state index contributed by atoms with van der Waals surface area (Å²) in [6, 6.07) is 5.83. The number of rotatable bonds is 6. The first-order valence-electron chi connectivity index (χ1n) is 7.16. The van der Waals surface area contributed by atoms with E-state index in [0.717, 1.165) is 24.1 Å². The summed E-state index contributed by atoms with van der Waals surface area (Å²) in [4.78, 5) is 14.6. The zero-order valence-corrected chi connectivity index (χ0v) is 11.9. The van der Waals surface area contributed by atoms with Gasteiger partial charge < -0.3 is 15.4 Å². The van der Waals surface area contributed by atoms with Crippen LogP contribution in [0.25, 0.3) is 0 Å². The summed E-state index contributed by atoms with van der Waals surface area (Å²) in [5.41, 5.74) is 5.01. The second-order valence-corrected chi connectivity index (χ2v) is 5.33. The highest BCUT2D eigenvalue weighted by Gasteiger charge is 2.29. The molecule has 1 aromatic rings. The van der Waals surface area contributed by atoms with Crippen LogP contribution in [0.15, 0.2) is 18.2 Å². The van der Waals surface area contributed by atoms with Gasteiger partial charge in [0.1, 0.15) is 0 Å². The topological polar surface area (TPSA) is 78.6 Å². The summed E-state index contributed by atoms with van der Waals surface area (Å²) in [6.07, 6.45) is 3.95. The molecule has 4 N–H and O–H groups in total. The van der Waals surface area contributed by atoms with Crippen LogP contribution in [0, 0.1) is 6.92 Å². The third-order valence-electron chi connectivity index (χ3n) is 3.96. The molecule has 1 aliphatic rings. The Hall–Kier alpha value is -1.59. The zero-order valence-electron chi connectivity index (χ0n) is 11.9. The highest BCUT2D eigenvalue weighted by atomic mass is 16.3. The smallest absolute Gasteiger partial charge is 0.254 e. The van der Waals surface area contributed by atoms with Crippen LogP contribution >= 0.6 is 0 Å². The number of aliphatic hydroxyl groups excluding tert-OH is 1. The first-order chi connectivity index (χ1) is 9.67. The average Bonchev–Trinajstić information content (AvgIpc) is 2.40. The van der Waals surface area contributed by atoms with Gasteiger partial charge in [-0.3, -0.25) is 10.6 Å². The molecule has 2 rings (SSSR count). The van der Waals surface area contributed by atoms with Gasteiger partial charge in [-0.1, -0.05) is 0 Å². The van der Waals surface area contributed by atoms with Crippen LogP contribution in [0.3, 0.4) is 0 Å². The number of aryl methyl sites for hydroxylation is 1. The molecule has 0 spiro atoms. The molecule has 0 saturated heterocycles. The normalized spacial score (nSPS) is 14.8. The van der Waals surface area contributed by atoms with Crippen molar-refractivity contribution in [3.63, 3.8) is 0 Å². The molecule has 0 atom stereocenters. The number of nitrogen functional groups attached to an aromatic ring is 1. The average molecular weight is 277 g/mol. The summed E-state index contributed by atoms with van der Waals surface area (Å²) in [5.74, 6) is 5.44. The molecule has 0 unspecified atom stereocenters. The molecule has 0 bridgehead atoms. The van der Waals surface area contributed by atoms with Crippen LogP contribution in [0.5, 0.6) is 0 Å². The Kier molecular flexibility index (Phi) is 4.98. The first kappa shape index (κ1) is 14.8. The minimum absolute atomic E-state index is 0.0595. The van der Waals surface area contributed by atoms with E-state index in [-0.39, 0.29) is 12.5 Å². The molecule has 1 aliphatic carbocycles. The lowest BCUT2D eigenvalue weighted by Gasteiger charge is -2.38. The number of nitrogens with zero attached hydrogens (tertiary/aromatic N) is 1. The maximum absolute atomic E-state index is 12.7. The fourth-order valence-corrected chi connectivity index (χ4v) is 2.54. The number of carbonyl (C=O) groups is 1. The number of aliphatic hydroxyl groups is 1. The monoisotopic (exact) mass is 277 g/mol. The van der Waals surface area contributed by atoms with E-state index in [4.69, 9.17) is 10.9 Å². The third-order valence-corrected chi connectivity index (χ3v) is 3.96. The second-order valence-electron chi connectivity index (χ2n) is 5.33. The van der Waals surface area contributed by atoms with Crippen LogP contribution in [0.2, 0.25) is 0 Å². The van der Waals surface area contributed by atoms with E-state index in [1.807, 2.05) is 30.0 Å². The molecular formula is C15H23N3O2. The van der Waals surface area contributed by atoms with Crippen molar-refractivity contribution in [2.45, 2.75) is 38.6 Å². The van der Waals surface area contributed by atoms with Gasteiger partial charge in [-0.15, -0.1) is 0 Å². The Labute approximate surface area is 119 Å². The summed E-state index contributed by atoms with van der Waals surface area (Å²) in [7, 11) is 0. The van der Waals surface area contributed by atoms with Gasteiger partial charge in [0.25, 0.3) is 5.91 Å². The van der Waals surface area contributed by atoms with Crippen LogP contribution in [0.1, 0.15) is 41.6 Å². The number of nitrogens with one attached hydrogen (secondary N) is 1. The van der Waals surface area contributed by atoms with E-state index < -0.39 is 0 Å². The van der Waals surface area contributed by atoms with Crippen LogP contribution in [-0.2, 0) is 0 Å². The molecule has 1 amide bonds. The van der Waals surface area contributed by atoms with E-state index in [9.17, 15) is 4.79 Å². The summed E-state index contributed by atoms with van der Waals surface area (Å²) >= 11 is 0. The van der Waals surface area contributed by atoms with Crippen molar-refractivity contribution in [1.82, 2.24) is 4.90 Å². The van der Waals surface area contributed by atoms with Crippen molar-refractivity contribution < 1.29 is 9.90 Å². The standard InChI is InChI=1S/C15H23N3O2/c1-11-10-12(17-16)6-7-14(11)15(20)18(8-3-9-19)13-4-2-5-13/h6-7,10,13,17,19H,2-5,8-9,16H2,1H3. The second kappa shape index (κ2) is 6.72. The fourth-order valence-electron chi connectivity index (χ4n) is 2.54. The quantitative estimate of drug-likeness (QED) is 0.546. The summed E-state index contributed by atoms with van der Waals surface area (Å²) in [6.45, 7) is 2.65. The molecule has 0 radical (unpaired) electrons. The number of carbonyl (C=O) groups excluding carboxylic acids is 1. The lowest BCUT2D eigenvalue weighted by molar-refractivity contribution is 0.0562. The molecule has 20 heavy (non-hydrogen) atoms. The SMILES string of the molecule is Cc1cc(NN)ccc1C(=O)N(CCCO)C1CCC1. The number of amides is 1. The molecule has 1 saturated carbocycles. The summed E-state index contributed by atoms with van der Waals surface area (Å²) in [5, 5.41) is 9.00. The first-order valence-corrected chi connectivity index (χ1v) is 7.16.